The van der Waals surface area contributed by atoms with Gasteiger partial charge in [-0.1, -0.05) is 60.1 Å². The van der Waals surface area contributed by atoms with Crippen LogP contribution in [-0.4, -0.2) is 115 Å². The van der Waals surface area contributed by atoms with E-state index in [0.717, 1.165) is 65.6 Å². The number of amidine groups is 1. The van der Waals surface area contributed by atoms with E-state index in [9.17, 15) is 14.3 Å². The molecule has 4 aromatic carbocycles. The van der Waals surface area contributed by atoms with Gasteiger partial charge in [0.05, 0.1) is 34.8 Å². The topological polar surface area (TPSA) is 131 Å². The first-order valence-electron chi connectivity index (χ1n) is 20.8. The zero-order valence-corrected chi connectivity index (χ0v) is 37.1. The average Bonchev–Trinajstić information content (AvgIpc) is 3.68. The highest BCUT2D eigenvalue weighted by molar-refractivity contribution is 7.22. The van der Waals surface area contributed by atoms with Crippen molar-refractivity contribution in [3.8, 4) is 44.7 Å². The maximum Gasteiger partial charge on any atom is 0.345 e. The SMILES string of the molecule is COc1ccccc1C1=NC(C)CC(COc2ccccc2C[C@@H](Oc2ncnc3sc(-c4ccc(F)cc4)c(-c4ccc(OCCN5CCN(C)CC5)c(Cl)c4C)c23)C(=O)O)=N1. The normalized spacial score (nSPS) is 16.3. The van der Waals surface area contributed by atoms with Crippen LogP contribution in [0.1, 0.15) is 30.0 Å². The van der Waals surface area contributed by atoms with Gasteiger partial charge in [-0.05, 0) is 79.5 Å². The Morgan fingerprint density at radius 1 is 0.937 bits per heavy atom. The summed E-state index contributed by atoms with van der Waals surface area (Å²) in [6, 6.07) is 24.9. The van der Waals surface area contributed by atoms with Crippen molar-refractivity contribution in [2.24, 2.45) is 9.98 Å². The number of aliphatic imine (C=N–C) groups is 2. The molecule has 2 atom stereocenters. The van der Waals surface area contributed by atoms with E-state index in [-0.39, 0.29) is 30.8 Å². The maximum absolute atomic E-state index is 14.2. The fraction of sp³-hybridized carbons (Fsp3) is 0.312. The first kappa shape index (κ1) is 43.7. The number of methoxy groups -OCH3 is 1. The highest BCUT2D eigenvalue weighted by atomic mass is 35.5. The Morgan fingerprint density at radius 2 is 1.68 bits per heavy atom. The molecule has 0 radical (unpaired) electrons. The van der Waals surface area contributed by atoms with Crippen LogP contribution in [0.4, 0.5) is 4.39 Å². The van der Waals surface area contributed by atoms with Crippen LogP contribution < -0.4 is 18.9 Å². The second kappa shape index (κ2) is 19.6. The van der Waals surface area contributed by atoms with Crippen LogP contribution in [0.3, 0.4) is 0 Å². The summed E-state index contributed by atoms with van der Waals surface area (Å²) < 4.78 is 38.8. The zero-order valence-electron chi connectivity index (χ0n) is 35.5. The van der Waals surface area contributed by atoms with Crippen LogP contribution >= 0.6 is 22.9 Å². The molecule has 6 aromatic rings. The van der Waals surface area contributed by atoms with Gasteiger partial charge in [0.1, 0.15) is 47.4 Å². The summed E-state index contributed by atoms with van der Waals surface area (Å²) in [5, 5.41) is 11.6. The molecule has 0 saturated carbocycles. The predicted octanol–water partition coefficient (Wildman–Crippen LogP) is 8.89. The number of carboxylic acids is 1. The second-order valence-electron chi connectivity index (χ2n) is 15.6. The maximum atomic E-state index is 14.2. The van der Waals surface area contributed by atoms with Gasteiger partial charge in [-0.3, -0.25) is 9.89 Å². The average molecular weight is 891 g/mol. The molecule has 8 rings (SSSR count). The number of carboxylic acid groups (broad SMARTS) is 1. The minimum atomic E-state index is -1.37. The molecule has 0 bridgehead atoms. The number of thiophene rings is 1. The van der Waals surface area contributed by atoms with Crippen LogP contribution in [-0.2, 0) is 11.2 Å². The summed E-state index contributed by atoms with van der Waals surface area (Å²) in [7, 11) is 3.74. The van der Waals surface area contributed by atoms with Crippen molar-refractivity contribution in [2.75, 3.05) is 60.1 Å². The summed E-state index contributed by atoms with van der Waals surface area (Å²) in [6.45, 7) is 9.37. The summed E-state index contributed by atoms with van der Waals surface area (Å²) in [5.41, 5.74) is 5.13. The van der Waals surface area contributed by atoms with E-state index in [2.05, 4.69) is 26.8 Å². The third-order valence-corrected chi connectivity index (χ3v) is 12.8. The number of aromatic nitrogens is 2. The highest BCUT2D eigenvalue weighted by Gasteiger charge is 2.29. The number of benzene rings is 4. The second-order valence-corrected chi connectivity index (χ2v) is 17.0. The van der Waals surface area contributed by atoms with Gasteiger partial charge in [-0.25, -0.2) is 24.1 Å². The Kier molecular flexibility index (Phi) is 13.6. The van der Waals surface area contributed by atoms with Gasteiger partial charge in [-0.2, -0.15) is 0 Å². The molecule has 1 unspecified atom stereocenters. The van der Waals surface area contributed by atoms with Gasteiger partial charge in [0.25, 0.3) is 0 Å². The Labute approximate surface area is 374 Å². The zero-order chi connectivity index (χ0) is 44.0. The standard InChI is InChI=1S/C48H48ClFN6O6S/c1-29-25-34(54-45(53-29)36-10-6-8-12-38(36)59-4)27-61-37-11-7-5-9-32(37)26-40(48(57)58)62-46-42-41(44(63-47(42)52-28-51-46)31-13-15-33(50)16-14-31)35-17-18-39(43(49)30(35)2)60-24-23-56-21-19-55(3)20-22-56/h5-18,28-29,40H,19-27H2,1-4H3,(H,57,58)/t29?,40-/m1/s1. The van der Waals surface area contributed by atoms with Crippen LogP contribution in [0.15, 0.2) is 101 Å². The van der Waals surface area contributed by atoms with Gasteiger partial charge in [0.15, 0.2) is 5.84 Å². The van der Waals surface area contributed by atoms with Crippen LogP contribution in [0.25, 0.3) is 31.8 Å². The lowest BCUT2D eigenvalue weighted by Gasteiger charge is -2.32. The van der Waals surface area contributed by atoms with E-state index in [1.807, 2.05) is 68.4 Å². The Hall–Kier alpha value is -5.93. The molecule has 2 aliphatic rings. The molecule has 1 N–H and O–H groups in total. The van der Waals surface area contributed by atoms with Gasteiger partial charge in [0.2, 0.25) is 12.0 Å². The van der Waals surface area contributed by atoms with E-state index in [1.165, 1.54) is 29.8 Å². The number of piperazine rings is 1. The van der Waals surface area contributed by atoms with Crippen molar-refractivity contribution < 1.29 is 33.2 Å². The molecule has 0 spiro atoms. The number of hydrogen-bond acceptors (Lipinski definition) is 12. The number of para-hydroxylation sites is 2. The third-order valence-electron chi connectivity index (χ3n) is 11.2. The lowest BCUT2D eigenvalue weighted by atomic mass is 9.96. The summed E-state index contributed by atoms with van der Waals surface area (Å²) in [4.78, 5) is 37.8. The minimum absolute atomic E-state index is 0.0281. The van der Waals surface area contributed by atoms with Crippen LogP contribution in [0.2, 0.25) is 5.02 Å². The van der Waals surface area contributed by atoms with Crippen molar-refractivity contribution in [1.29, 1.82) is 0 Å². The number of ether oxygens (including phenoxy) is 4. The molecule has 12 nitrogen and oxygen atoms in total. The minimum Gasteiger partial charge on any atom is -0.496 e. The quantitative estimate of drug-likeness (QED) is 0.101. The number of rotatable bonds is 16. The molecule has 1 saturated heterocycles. The van der Waals surface area contributed by atoms with Crippen LogP contribution in [0, 0.1) is 12.7 Å². The largest absolute Gasteiger partial charge is 0.496 e. The van der Waals surface area contributed by atoms with Crippen LogP contribution in [0.5, 0.6) is 23.1 Å². The van der Waals surface area contributed by atoms with Gasteiger partial charge in [0, 0.05) is 56.0 Å². The van der Waals surface area contributed by atoms with Crippen molar-refractivity contribution in [1.82, 2.24) is 19.8 Å². The molecule has 4 heterocycles. The molecule has 2 aliphatic heterocycles. The van der Waals surface area contributed by atoms with E-state index in [4.69, 9.17) is 40.5 Å². The summed E-state index contributed by atoms with van der Waals surface area (Å²) in [6.07, 6.45) is 0.551. The Balaban J connectivity index is 1.08. The van der Waals surface area contributed by atoms with E-state index < -0.39 is 12.1 Å². The van der Waals surface area contributed by atoms with Gasteiger partial charge >= 0.3 is 5.97 Å². The van der Waals surface area contributed by atoms with E-state index in [1.54, 1.807) is 25.3 Å². The summed E-state index contributed by atoms with van der Waals surface area (Å²) in [5.74, 6) is 0.837. The molecule has 15 heteroatoms. The van der Waals surface area contributed by atoms with E-state index >= 15 is 0 Å². The number of halogens is 2. The number of aliphatic carboxylic acids is 1. The third kappa shape index (κ3) is 9.99. The molecule has 63 heavy (non-hydrogen) atoms. The van der Waals surface area contributed by atoms with Crippen molar-refractivity contribution >= 4 is 50.7 Å². The number of fused-ring (bicyclic) bond motifs is 1. The van der Waals surface area contributed by atoms with Gasteiger partial charge < -0.3 is 29.0 Å². The van der Waals surface area contributed by atoms with Crippen molar-refractivity contribution in [2.45, 2.75) is 38.8 Å². The number of carbonyl (C=O) groups is 1. The first-order chi connectivity index (χ1) is 30.6. The number of nitrogens with zero attached hydrogens (tertiary/aromatic N) is 6. The lowest BCUT2D eigenvalue weighted by Crippen LogP contribution is -2.45. The van der Waals surface area contributed by atoms with Crippen molar-refractivity contribution in [3.05, 3.63) is 119 Å². The molecule has 0 aliphatic carbocycles. The first-order valence-corrected chi connectivity index (χ1v) is 22.0. The Bertz CT molecular complexity index is 2670. The monoisotopic (exact) mass is 890 g/mol. The summed E-state index contributed by atoms with van der Waals surface area (Å²) >= 11 is 8.44. The van der Waals surface area contributed by atoms with E-state index in [0.29, 0.717) is 62.5 Å². The lowest BCUT2D eigenvalue weighted by molar-refractivity contribution is -0.145. The fourth-order valence-corrected chi connectivity index (χ4v) is 9.19. The highest BCUT2D eigenvalue weighted by Crippen LogP contribution is 2.49. The number of hydrogen-bond donors (Lipinski definition) is 1. The molecule has 1 fully saturated rings. The molecule has 2 aromatic heterocycles. The molecule has 326 valence electrons. The Morgan fingerprint density at radius 3 is 2.44 bits per heavy atom. The number of likely N-dealkylation sites (N-methyl/N-ethyl adjacent to an activating group) is 1. The smallest absolute Gasteiger partial charge is 0.345 e. The molecular formula is C48H48ClFN6O6S. The molecular weight excluding hydrogens is 843 g/mol. The van der Waals surface area contributed by atoms with Gasteiger partial charge in [-0.15, -0.1) is 11.3 Å². The fourth-order valence-electron chi connectivity index (χ4n) is 7.81. The molecule has 0 amide bonds. The van der Waals surface area contributed by atoms with Crippen molar-refractivity contribution in [3.63, 3.8) is 0 Å². The predicted molar refractivity (Wildman–Crippen MR) is 246 cm³/mol.